The van der Waals surface area contributed by atoms with E-state index < -0.39 is 0 Å². The summed E-state index contributed by atoms with van der Waals surface area (Å²) in [6.45, 7) is 2.63. The Labute approximate surface area is 109 Å². The predicted octanol–water partition coefficient (Wildman–Crippen LogP) is 1.25. The van der Waals surface area contributed by atoms with Crippen molar-refractivity contribution in [2.24, 2.45) is 0 Å². The summed E-state index contributed by atoms with van der Waals surface area (Å²) in [5.74, 6) is -0.00847. The molecule has 3 rings (SSSR count). The third-order valence-corrected chi connectivity index (χ3v) is 4.90. The molecule has 18 heavy (non-hydrogen) atoms. The van der Waals surface area contributed by atoms with Crippen LogP contribution >= 0.6 is 0 Å². The van der Waals surface area contributed by atoms with Crippen LogP contribution in [0.15, 0.2) is 0 Å². The second-order valence-corrected chi connectivity index (χ2v) is 6.12. The van der Waals surface area contributed by atoms with Crippen LogP contribution in [0.4, 0.5) is 0 Å². The molecule has 3 saturated heterocycles. The average molecular weight is 252 g/mol. The van der Waals surface area contributed by atoms with Crippen LogP contribution in [0.25, 0.3) is 0 Å². The molecule has 3 aliphatic heterocycles. The van der Waals surface area contributed by atoms with Gasteiger partial charge in [0.05, 0.1) is 6.54 Å². The number of carbonyl (C=O) groups excluding carboxylic acids is 1. The molecule has 3 heterocycles. The lowest BCUT2D eigenvalue weighted by Crippen LogP contribution is -2.44. The molecule has 3 aliphatic rings. The molecular formula is C14H24N2O2. The van der Waals surface area contributed by atoms with Crippen LogP contribution in [-0.2, 0) is 9.53 Å². The third-order valence-electron chi connectivity index (χ3n) is 4.90. The molecule has 2 unspecified atom stereocenters. The van der Waals surface area contributed by atoms with E-state index in [0.29, 0.717) is 18.6 Å². The first-order chi connectivity index (χ1) is 8.72. The number of likely N-dealkylation sites (tertiary alicyclic amines) is 1. The minimum absolute atomic E-state index is 0.00847. The largest absolute Gasteiger partial charge is 0.461 e. The Morgan fingerprint density at radius 3 is 2.39 bits per heavy atom. The molecule has 0 aliphatic carbocycles. The summed E-state index contributed by atoms with van der Waals surface area (Å²) in [5, 5.41) is 0. The van der Waals surface area contributed by atoms with Gasteiger partial charge in [-0.15, -0.1) is 0 Å². The number of carbonyl (C=O) groups is 1. The second-order valence-electron chi connectivity index (χ2n) is 6.12. The van der Waals surface area contributed by atoms with Gasteiger partial charge in [-0.1, -0.05) is 0 Å². The Bertz CT molecular complexity index is 301. The van der Waals surface area contributed by atoms with Gasteiger partial charge in [0.2, 0.25) is 0 Å². The van der Waals surface area contributed by atoms with Crippen LogP contribution in [0.5, 0.6) is 0 Å². The summed E-state index contributed by atoms with van der Waals surface area (Å²) >= 11 is 0. The number of esters is 1. The summed E-state index contributed by atoms with van der Waals surface area (Å²) < 4.78 is 5.68. The normalized spacial score (nSPS) is 37.1. The van der Waals surface area contributed by atoms with Gasteiger partial charge in [0.25, 0.3) is 0 Å². The monoisotopic (exact) mass is 252 g/mol. The van der Waals surface area contributed by atoms with Gasteiger partial charge in [-0.05, 0) is 58.7 Å². The minimum atomic E-state index is -0.00847. The molecule has 2 bridgehead atoms. The number of rotatable bonds is 3. The van der Waals surface area contributed by atoms with Crippen molar-refractivity contribution in [2.45, 2.75) is 56.7 Å². The van der Waals surface area contributed by atoms with E-state index in [4.69, 9.17) is 4.74 Å². The lowest BCUT2D eigenvalue weighted by molar-refractivity contribution is -0.153. The number of fused-ring (bicyclic) bond motifs is 2. The van der Waals surface area contributed by atoms with Crippen LogP contribution in [0.1, 0.15) is 38.5 Å². The molecule has 2 atom stereocenters. The highest BCUT2D eigenvalue weighted by Gasteiger charge is 2.39. The number of hydrogen-bond donors (Lipinski definition) is 0. The quantitative estimate of drug-likeness (QED) is 0.708. The van der Waals surface area contributed by atoms with Gasteiger partial charge in [-0.3, -0.25) is 9.69 Å². The zero-order valence-electron chi connectivity index (χ0n) is 11.3. The lowest BCUT2D eigenvalue weighted by atomic mass is 10.0. The maximum atomic E-state index is 11.9. The second kappa shape index (κ2) is 5.17. The van der Waals surface area contributed by atoms with E-state index in [1.54, 1.807) is 0 Å². The summed E-state index contributed by atoms with van der Waals surface area (Å²) in [6, 6.07) is 1.29. The minimum Gasteiger partial charge on any atom is -0.461 e. The Hall–Kier alpha value is -0.610. The van der Waals surface area contributed by atoms with Crippen molar-refractivity contribution >= 4 is 5.97 Å². The number of piperidine rings is 1. The SMILES string of the molecule is CN1C2CCC1CC(OC(=O)CN1CCCC1)C2. The number of hydrogen-bond acceptors (Lipinski definition) is 4. The van der Waals surface area contributed by atoms with Gasteiger partial charge in [-0.25, -0.2) is 0 Å². The first-order valence-electron chi connectivity index (χ1n) is 7.36. The van der Waals surface area contributed by atoms with Gasteiger partial charge in [-0.2, -0.15) is 0 Å². The molecule has 3 fully saturated rings. The molecule has 0 saturated carbocycles. The highest BCUT2D eigenvalue weighted by atomic mass is 16.5. The van der Waals surface area contributed by atoms with E-state index >= 15 is 0 Å². The van der Waals surface area contributed by atoms with Crippen LogP contribution in [0, 0.1) is 0 Å². The Balaban J connectivity index is 1.47. The van der Waals surface area contributed by atoms with E-state index in [2.05, 4.69) is 16.8 Å². The van der Waals surface area contributed by atoms with Crippen molar-refractivity contribution < 1.29 is 9.53 Å². The summed E-state index contributed by atoms with van der Waals surface area (Å²) in [4.78, 5) is 16.6. The fraction of sp³-hybridized carbons (Fsp3) is 0.929. The van der Waals surface area contributed by atoms with E-state index in [-0.39, 0.29) is 12.1 Å². The van der Waals surface area contributed by atoms with Crippen molar-refractivity contribution in [2.75, 3.05) is 26.7 Å². The molecule has 0 aromatic heterocycles. The van der Waals surface area contributed by atoms with Crippen molar-refractivity contribution in [3.63, 3.8) is 0 Å². The van der Waals surface area contributed by atoms with Crippen molar-refractivity contribution in [3.05, 3.63) is 0 Å². The molecule has 0 amide bonds. The van der Waals surface area contributed by atoms with E-state index in [0.717, 1.165) is 25.9 Å². The third kappa shape index (κ3) is 2.54. The van der Waals surface area contributed by atoms with Crippen molar-refractivity contribution in [3.8, 4) is 0 Å². The summed E-state index contributed by atoms with van der Waals surface area (Å²) in [5.41, 5.74) is 0. The molecule has 0 radical (unpaired) electrons. The standard InChI is InChI=1S/C14H24N2O2/c1-15-11-4-5-12(15)9-13(8-11)18-14(17)10-16-6-2-3-7-16/h11-13H,2-10H2,1H3. The molecule has 0 aromatic carbocycles. The lowest BCUT2D eigenvalue weighted by Gasteiger charge is -2.36. The number of ether oxygens (including phenoxy) is 1. The predicted molar refractivity (Wildman–Crippen MR) is 69.4 cm³/mol. The average Bonchev–Trinajstić information content (AvgIpc) is 2.87. The van der Waals surface area contributed by atoms with Gasteiger partial charge < -0.3 is 9.64 Å². The highest BCUT2D eigenvalue weighted by Crippen LogP contribution is 2.35. The zero-order valence-corrected chi connectivity index (χ0v) is 11.3. The molecule has 4 nitrogen and oxygen atoms in total. The molecule has 0 N–H and O–H groups in total. The first kappa shape index (κ1) is 12.4. The van der Waals surface area contributed by atoms with Crippen LogP contribution in [0.3, 0.4) is 0 Å². The fourth-order valence-corrected chi connectivity index (χ4v) is 3.80. The van der Waals surface area contributed by atoms with Gasteiger partial charge in [0.1, 0.15) is 6.10 Å². The fourth-order valence-electron chi connectivity index (χ4n) is 3.80. The van der Waals surface area contributed by atoms with E-state index in [9.17, 15) is 4.79 Å². The van der Waals surface area contributed by atoms with Crippen molar-refractivity contribution in [1.29, 1.82) is 0 Å². The van der Waals surface area contributed by atoms with Crippen LogP contribution < -0.4 is 0 Å². The molecule has 102 valence electrons. The van der Waals surface area contributed by atoms with Gasteiger partial charge >= 0.3 is 5.97 Å². The maximum Gasteiger partial charge on any atom is 0.320 e. The van der Waals surface area contributed by atoms with Gasteiger partial charge in [0, 0.05) is 12.1 Å². The zero-order chi connectivity index (χ0) is 12.5. The van der Waals surface area contributed by atoms with Crippen LogP contribution in [-0.4, -0.2) is 60.6 Å². The Morgan fingerprint density at radius 2 is 1.78 bits per heavy atom. The van der Waals surface area contributed by atoms with Crippen LogP contribution in [0.2, 0.25) is 0 Å². The highest BCUT2D eigenvalue weighted by molar-refractivity contribution is 5.71. The molecule has 4 heteroatoms. The number of nitrogens with zero attached hydrogens (tertiary/aromatic N) is 2. The van der Waals surface area contributed by atoms with E-state index in [1.165, 1.54) is 25.7 Å². The Morgan fingerprint density at radius 1 is 1.17 bits per heavy atom. The Kier molecular flexibility index (Phi) is 3.57. The smallest absolute Gasteiger partial charge is 0.320 e. The van der Waals surface area contributed by atoms with Crippen molar-refractivity contribution in [1.82, 2.24) is 9.80 Å². The summed E-state index contributed by atoms with van der Waals surface area (Å²) in [6.07, 6.45) is 7.27. The molecule has 0 aromatic rings. The van der Waals surface area contributed by atoms with Gasteiger partial charge in [0.15, 0.2) is 0 Å². The molecular weight excluding hydrogens is 228 g/mol. The topological polar surface area (TPSA) is 32.8 Å². The molecule has 0 spiro atoms. The van der Waals surface area contributed by atoms with E-state index in [1.807, 2.05) is 0 Å². The summed E-state index contributed by atoms with van der Waals surface area (Å²) in [7, 11) is 2.21. The first-order valence-corrected chi connectivity index (χ1v) is 7.36. The maximum absolute atomic E-state index is 11.9.